The van der Waals surface area contributed by atoms with Gasteiger partial charge in [-0.15, -0.1) is 0 Å². The van der Waals surface area contributed by atoms with E-state index in [0.29, 0.717) is 6.04 Å². The zero-order valence-corrected chi connectivity index (χ0v) is 13.5. The summed E-state index contributed by atoms with van der Waals surface area (Å²) in [6.07, 6.45) is 6.87. The average Bonchev–Trinajstić information content (AvgIpc) is 2.77. The van der Waals surface area contributed by atoms with Gasteiger partial charge in [0, 0.05) is 24.2 Å². The van der Waals surface area contributed by atoms with Gasteiger partial charge in [-0.2, -0.15) is 0 Å². The lowest BCUT2D eigenvalue weighted by Crippen LogP contribution is -2.32. The van der Waals surface area contributed by atoms with Crippen molar-refractivity contribution in [2.24, 2.45) is 0 Å². The van der Waals surface area contributed by atoms with Gasteiger partial charge in [0.25, 0.3) is 0 Å². The van der Waals surface area contributed by atoms with E-state index in [1.165, 1.54) is 37.7 Å². The molecule has 2 rings (SSSR count). The fraction of sp³-hybridized carbons (Fsp3) is 0.765. The summed E-state index contributed by atoms with van der Waals surface area (Å²) in [7, 11) is 2.24. The van der Waals surface area contributed by atoms with E-state index in [1.807, 2.05) is 0 Å². The Morgan fingerprint density at radius 2 is 2.00 bits per heavy atom. The summed E-state index contributed by atoms with van der Waals surface area (Å²) in [5, 5.41) is 3.46. The minimum atomic E-state index is 0.512. The predicted molar refractivity (Wildman–Crippen MR) is 83.8 cm³/mol. The lowest BCUT2D eigenvalue weighted by Gasteiger charge is -2.30. The first kappa shape index (κ1) is 15.6. The highest BCUT2D eigenvalue weighted by Gasteiger charge is 2.19. The van der Waals surface area contributed by atoms with Crippen LogP contribution in [0.3, 0.4) is 0 Å². The smallest absolute Gasteiger partial charge is 0.118 e. The first-order valence-corrected chi connectivity index (χ1v) is 8.08. The summed E-state index contributed by atoms with van der Waals surface area (Å²) in [5.74, 6) is 2.17. The van der Waals surface area contributed by atoms with Gasteiger partial charge in [-0.05, 0) is 32.9 Å². The van der Waals surface area contributed by atoms with Crippen LogP contribution in [0.15, 0.2) is 10.5 Å². The molecule has 0 saturated heterocycles. The molecule has 0 aliphatic heterocycles. The molecule has 3 heteroatoms. The summed E-state index contributed by atoms with van der Waals surface area (Å²) in [6, 6.07) is 3.48. The van der Waals surface area contributed by atoms with Gasteiger partial charge in [-0.3, -0.25) is 4.90 Å². The van der Waals surface area contributed by atoms with Crippen LogP contribution in [-0.2, 0) is 13.1 Å². The molecule has 0 unspecified atom stereocenters. The SMILES string of the molecule is Cc1oc(CN(C)C2CCCCC2)cc1CNC(C)C. The Morgan fingerprint density at radius 3 is 2.65 bits per heavy atom. The summed E-state index contributed by atoms with van der Waals surface area (Å²) < 4.78 is 5.93. The molecule has 1 fully saturated rings. The monoisotopic (exact) mass is 278 g/mol. The fourth-order valence-electron chi connectivity index (χ4n) is 3.05. The minimum absolute atomic E-state index is 0.512. The molecule has 0 atom stereocenters. The number of hydrogen-bond acceptors (Lipinski definition) is 3. The molecule has 0 spiro atoms. The molecule has 1 saturated carbocycles. The lowest BCUT2D eigenvalue weighted by molar-refractivity contribution is 0.172. The van der Waals surface area contributed by atoms with Crippen molar-refractivity contribution in [2.75, 3.05) is 7.05 Å². The maximum atomic E-state index is 5.93. The lowest BCUT2D eigenvalue weighted by atomic mass is 9.94. The van der Waals surface area contributed by atoms with Crippen molar-refractivity contribution in [2.45, 2.75) is 78.0 Å². The summed E-state index contributed by atoms with van der Waals surface area (Å²) in [4.78, 5) is 2.47. The van der Waals surface area contributed by atoms with E-state index in [1.54, 1.807) is 0 Å². The van der Waals surface area contributed by atoms with Crippen LogP contribution in [0.5, 0.6) is 0 Å². The summed E-state index contributed by atoms with van der Waals surface area (Å²) in [5.41, 5.74) is 1.30. The first-order chi connectivity index (χ1) is 9.56. The minimum Gasteiger partial charge on any atom is -0.465 e. The summed E-state index contributed by atoms with van der Waals surface area (Å²) in [6.45, 7) is 8.26. The van der Waals surface area contributed by atoms with Gasteiger partial charge in [0.15, 0.2) is 0 Å². The van der Waals surface area contributed by atoms with E-state index < -0.39 is 0 Å². The molecule has 1 aromatic rings. The van der Waals surface area contributed by atoms with E-state index in [-0.39, 0.29) is 0 Å². The molecule has 0 radical (unpaired) electrons. The number of aryl methyl sites for hydroxylation is 1. The van der Waals surface area contributed by atoms with E-state index in [9.17, 15) is 0 Å². The third-order valence-corrected chi connectivity index (χ3v) is 4.38. The molecule has 0 bridgehead atoms. The van der Waals surface area contributed by atoms with Crippen LogP contribution in [0.25, 0.3) is 0 Å². The van der Waals surface area contributed by atoms with Crippen molar-refractivity contribution >= 4 is 0 Å². The maximum absolute atomic E-state index is 5.93. The fourth-order valence-corrected chi connectivity index (χ4v) is 3.05. The molecule has 20 heavy (non-hydrogen) atoms. The Balaban J connectivity index is 1.90. The number of nitrogens with one attached hydrogen (secondary N) is 1. The standard InChI is InChI=1S/C17H30N2O/c1-13(2)18-11-15-10-17(20-14(15)3)12-19(4)16-8-6-5-7-9-16/h10,13,16,18H,5-9,11-12H2,1-4H3. The zero-order chi connectivity index (χ0) is 14.5. The van der Waals surface area contributed by atoms with Crippen molar-refractivity contribution < 1.29 is 4.42 Å². The Labute approximate surface area is 123 Å². The highest BCUT2D eigenvalue weighted by molar-refractivity contribution is 5.20. The second-order valence-corrected chi connectivity index (χ2v) is 6.54. The summed E-state index contributed by atoms with van der Waals surface area (Å²) >= 11 is 0. The van der Waals surface area contributed by atoms with Crippen LogP contribution in [0.2, 0.25) is 0 Å². The molecule has 0 aromatic carbocycles. The molecule has 114 valence electrons. The van der Waals surface area contributed by atoms with E-state index in [4.69, 9.17) is 4.42 Å². The molecule has 1 heterocycles. The van der Waals surface area contributed by atoms with Gasteiger partial charge in [0.1, 0.15) is 11.5 Å². The Morgan fingerprint density at radius 1 is 1.30 bits per heavy atom. The number of hydrogen-bond donors (Lipinski definition) is 1. The maximum Gasteiger partial charge on any atom is 0.118 e. The predicted octanol–water partition coefficient (Wildman–Crippen LogP) is 3.85. The van der Waals surface area contributed by atoms with Gasteiger partial charge in [-0.25, -0.2) is 0 Å². The van der Waals surface area contributed by atoms with Crippen LogP contribution < -0.4 is 5.32 Å². The Hall–Kier alpha value is -0.800. The topological polar surface area (TPSA) is 28.4 Å². The van der Waals surface area contributed by atoms with Gasteiger partial charge < -0.3 is 9.73 Å². The molecular weight excluding hydrogens is 248 g/mol. The van der Waals surface area contributed by atoms with Crippen LogP contribution in [-0.4, -0.2) is 24.0 Å². The molecule has 0 amide bonds. The first-order valence-electron chi connectivity index (χ1n) is 8.08. The molecule has 3 nitrogen and oxygen atoms in total. The molecule has 1 aliphatic rings. The van der Waals surface area contributed by atoms with Crippen LogP contribution in [0, 0.1) is 6.92 Å². The van der Waals surface area contributed by atoms with Crippen molar-refractivity contribution in [3.8, 4) is 0 Å². The number of rotatable bonds is 6. The Bertz CT molecular complexity index is 405. The molecule has 1 N–H and O–H groups in total. The van der Waals surface area contributed by atoms with E-state index >= 15 is 0 Å². The largest absolute Gasteiger partial charge is 0.465 e. The van der Waals surface area contributed by atoms with Crippen LogP contribution >= 0.6 is 0 Å². The Kier molecular flexibility index (Phi) is 5.67. The van der Waals surface area contributed by atoms with Crippen molar-refractivity contribution in [1.82, 2.24) is 10.2 Å². The quantitative estimate of drug-likeness (QED) is 0.856. The second kappa shape index (κ2) is 7.28. The third kappa shape index (κ3) is 4.35. The van der Waals surface area contributed by atoms with Crippen LogP contribution in [0.4, 0.5) is 0 Å². The number of furan rings is 1. The van der Waals surface area contributed by atoms with Gasteiger partial charge in [-0.1, -0.05) is 33.1 Å². The molecular formula is C17H30N2O. The third-order valence-electron chi connectivity index (χ3n) is 4.38. The highest BCUT2D eigenvalue weighted by Crippen LogP contribution is 2.24. The molecule has 1 aromatic heterocycles. The van der Waals surface area contributed by atoms with Crippen molar-refractivity contribution in [3.05, 3.63) is 23.2 Å². The van der Waals surface area contributed by atoms with Gasteiger partial charge in [0.2, 0.25) is 0 Å². The van der Waals surface area contributed by atoms with E-state index in [2.05, 4.69) is 44.1 Å². The normalized spacial score (nSPS) is 17.3. The average molecular weight is 278 g/mol. The van der Waals surface area contributed by atoms with Crippen LogP contribution in [0.1, 0.15) is 63.0 Å². The van der Waals surface area contributed by atoms with Crippen molar-refractivity contribution in [1.29, 1.82) is 0 Å². The number of nitrogens with zero attached hydrogens (tertiary/aromatic N) is 1. The highest BCUT2D eigenvalue weighted by atomic mass is 16.3. The zero-order valence-electron chi connectivity index (χ0n) is 13.5. The van der Waals surface area contributed by atoms with Gasteiger partial charge in [0.05, 0.1) is 6.54 Å². The van der Waals surface area contributed by atoms with Crippen molar-refractivity contribution in [3.63, 3.8) is 0 Å². The van der Waals surface area contributed by atoms with Gasteiger partial charge >= 0.3 is 0 Å². The van der Waals surface area contributed by atoms with E-state index in [0.717, 1.165) is 30.7 Å². The molecule has 1 aliphatic carbocycles. The second-order valence-electron chi connectivity index (χ2n) is 6.54.